The number of para-hydroxylation sites is 1. The van der Waals surface area contributed by atoms with Gasteiger partial charge in [-0.05, 0) is 18.2 Å². The van der Waals surface area contributed by atoms with Crippen LogP contribution in [-0.2, 0) is 6.54 Å². The number of nitrogens with zero attached hydrogens (tertiary/aromatic N) is 2. The normalized spacial score (nSPS) is 10.6. The number of aromatic nitrogens is 2. The highest BCUT2D eigenvalue weighted by molar-refractivity contribution is 5.97. The summed E-state index contributed by atoms with van der Waals surface area (Å²) in [4.78, 5) is 16.5. The zero-order valence-electron chi connectivity index (χ0n) is 15.8. The molecule has 4 aromatic rings. The van der Waals surface area contributed by atoms with Gasteiger partial charge in [0.15, 0.2) is 0 Å². The van der Waals surface area contributed by atoms with Crippen LogP contribution in [0.4, 0.5) is 5.69 Å². The predicted molar refractivity (Wildman–Crippen MR) is 115 cm³/mol. The molecule has 0 bridgehead atoms. The van der Waals surface area contributed by atoms with Crippen LogP contribution in [0.15, 0.2) is 91.3 Å². The van der Waals surface area contributed by atoms with Gasteiger partial charge in [0, 0.05) is 29.9 Å². The summed E-state index contributed by atoms with van der Waals surface area (Å²) in [6.07, 6.45) is 1.78. The Balaban J connectivity index is 1.73. The Labute approximate surface area is 169 Å². The van der Waals surface area contributed by atoms with Crippen molar-refractivity contribution in [1.29, 1.82) is 0 Å². The van der Waals surface area contributed by atoms with Crippen LogP contribution in [0.5, 0.6) is 0 Å². The Kier molecular flexibility index (Phi) is 5.38. The van der Waals surface area contributed by atoms with E-state index in [0.29, 0.717) is 18.7 Å². The molecule has 0 unspecified atom stereocenters. The van der Waals surface area contributed by atoms with Gasteiger partial charge in [-0.2, -0.15) is 0 Å². The third-order valence-corrected chi connectivity index (χ3v) is 4.75. The highest BCUT2D eigenvalue weighted by Crippen LogP contribution is 2.33. The fraction of sp³-hybridized carbons (Fsp3) is 0.0833. The summed E-state index contributed by atoms with van der Waals surface area (Å²) in [6.45, 7) is 1.34. The molecule has 0 amide bonds. The van der Waals surface area contributed by atoms with E-state index >= 15 is 0 Å². The molecule has 144 valence electrons. The van der Waals surface area contributed by atoms with E-state index in [1.54, 1.807) is 18.5 Å². The van der Waals surface area contributed by atoms with Crippen molar-refractivity contribution in [3.63, 3.8) is 0 Å². The third kappa shape index (κ3) is 4.04. The molecule has 5 heteroatoms. The van der Waals surface area contributed by atoms with E-state index in [2.05, 4.69) is 10.3 Å². The van der Waals surface area contributed by atoms with Crippen LogP contribution in [0.25, 0.3) is 22.5 Å². The first kappa shape index (κ1) is 18.5. The van der Waals surface area contributed by atoms with E-state index in [9.17, 15) is 9.90 Å². The Morgan fingerprint density at radius 3 is 2.28 bits per heavy atom. The van der Waals surface area contributed by atoms with Gasteiger partial charge in [-0.3, -0.25) is 0 Å². The Hall–Kier alpha value is -3.86. The highest BCUT2D eigenvalue weighted by Gasteiger charge is 2.20. The number of aromatic carboxylic acids is 1. The topological polar surface area (TPSA) is 67.1 Å². The lowest BCUT2D eigenvalue weighted by Crippen LogP contribution is -2.12. The maximum atomic E-state index is 11.8. The summed E-state index contributed by atoms with van der Waals surface area (Å²) in [5.74, 6) is -0.949. The first-order chi connectivity index (χ1) is 14.2. The van der Waals surface area contributed by atoms with E-state index in [4.69, 9.17) is 0 Å². The second kappa shape index (κ2) is 8.44. The molecule has 1 heterocycles. The minimum Gasteiger partial charge on any atom is -0.478 e. The Morgan fingerprint density at radius 2 is 1.55 bits per heavy atom. The van der Waals surface area contributed by atoms with Crippen LogP contribution in [0.3, 0.4) is 0 Å². The van der Waals surface area contributed by atoms with Crippen molar-refractivity contribution in [3.05, 3.63) is 96.8 Å². The van der Waals surface area contributed by atoms with Gasteiger partial charge >= 0.3 is 5.97 Å². The molecule has 0 aliphatic carbocycles. The van der Waals surface area contributed by atoms with Crippen molar-refractivity contribution in [2.75, 3.05) is 11.9 Å². The smallest absolute Gasteiger partial charge is 0.336 e. The number of rotatable bonds is 7. The molecule has 5 nitrogen and oxygen atoms in total. The summed E-state index contributed by atoms with van der Waals surface area (Å²) in [7, 11) is 0. The molecular formula is C24H21N3O2. The van der Waals surface area contributed by atoms with Crippen molar-refractivity contribution in [2.24, 2.45) is 0 Å². The molecule has 0 atom stereocenters. The van der Waals surface area contributed by atoms with E-state index in [0.717, 1.165) is 22.6 Å². The molecule has 3 aromatic carbocycles. The second-order valence-electron chi connectivity index (χ2n) is 6.64. The number of imidazole rings is 1. The van der Waals surface area contributed by atoms with Crippen LogP contribution in [0, 0.1) is 0 Å². The minimum atomic E-state index is -0.949. The van der Waals surface area contributed by atoms with Gasteiger partial charge in [-0.25, -0.2) is 9.78 Å². The summed E-state index contributed by atoms with van der Waals surface area (Å²) in [6, 6.07) is 26.9. The first-order valence-electron chi connectivity index (χ1n) is 9.46. The maximum Gasteiger partial charge on any atom is 0.336 e. The quantitative estimate of drug-likeness (QED) is 0.470. The zero-order chi connectivity index (χ0) is 20.1. The zero-order valence-corrected chi connectivity index (χ0v) is 15.8. The number of hydrogen-bond acceptors (Lipinski definition) is 3. The number of nitrogens with one attached hydrogen (secondary N) is 1. The van der Waals surface area contributed by atoms with Crippen LogP contribution in [0.1, 0.15) is 10.4 Å². The van der Waals surface area contributed by atoms with E-state index in [1.807, 2.05) is 77.4 Å². The molecule has 0 aliphatic rings. The largest absolute Gasteiger partial charge is 0.478 e. The van der Waals surface area contributed by atoms with Gasteiger partial charge in [-0.15, -0.1) is 0 Å². The minimum absolute atomic E-state index is 0.266. The number of carboxylic acid groups (broad SMARTS) is 1. The molecule has 4 rings (SSSR count). The van der Waals surface area contributed by atoms with Crippen molar-refractivity contribution < 1.29 is 9.90 Å². The van der Waals surface area contributed by atoms with Gasteiger partial charge in [0.05, 0.1) is 23.3 Å². The number of carboxylic acids is 1. The fourth-order valence-corrected chi connectivity index (χ4v) is 3.39. The second-order valence-corrected chi connectivity index (χ2v) is 6.64. The van der Waals surface area contributed by atoms with Crippen molar-refractivity contribution in [1.82, 2.24) is 9.55 Å². The van der Waals surface area contributed by atoms with E-state index in [1.165, 1.54) is 0 Å². The molecule has 0 spiro atoms. The predicted octanol–water partition coefficient (Wildman–Crippen LogP) is 5.03. The van der Waals surface area contributed by atoms with Crippen molar-refractivity contribution in [3.8, 4) is 22.5 Å². The van der Waals surface area contributed by atoms with Crippen LogP contribution in [0.2, 0.25) is 0 Å². The van der Waals surface area contributed by atoms with E-state index in [-0.39, 0.29) is 5.56 Å². The summed E-state index contributed by atoms with van der Waals surface area (Å²) in [5, 5.41) is 13.1. The monoisotopic (exact) mass is 383 g/mol. The molecule has 0 saturated heterocycles. The Morgan fingerprint density at radius 1 is 0.897 bits per heavy atom. The van der Waals surface area contributed by atoms with Crippen molar-refractivity contribution >= 4 is 11.7 Å². The summed E-state index contributed by atoms with van der Waals surface area (Å²) >= 11 is 0. The van der Waals surface area contributed by atoms with Crippen LogP contribution >= 0.6 is 0 Å². The average Bonchev–Trinajstić information content (AvgIpc) is 3.19. The summed E-state index contributed by atoms with van der Waals surface area (Å²) < 4.78 is 2.01. The first-order valence-corrected chi connectivity index (χ1v) is 9.46. The van der Waals surface area contributed by atoms with Crippen molar-refractivity contribution in [2.45, 2.75) is 6.54 Å². The standard InChI is InChI=1S/C24H21N3O2/c28-24(29)21-14-8-7-13-20(21)23-22(18-9-3-1-4-10-18)26-17-27(23)16-15-25-19-11-5-2-6-12-19/h1-14,17,25H,15-16H2,(H,28,29). The lowest BCUT2D eigenvalue weighted by Gasteiger charge is -2.14. The SMILES string of the molecule is O=C(O)c1ccccc1-c1c(-c2ccccc2)ncn1CCNc1ccccc1. The van der Waals surface area contributed by atoms with E-state index < -0.39 is 5.97 Å². The molecule has 1 aromatic heterocycles. The third-order valence-electron chi connectivity index (χ3n) is 4.75. The van der Waals surface area contributed by atoms with Crippen LogP contribution < -0.4 is 5.32 Å². The van der Waals surface area contributed by atoms with Gasteiger partial charge in [0.1, 0.15) is 0 Å². The molecule has 2 N–H and O–H groups in total. The lowest BCUT2D eigenvalue weighted by molar-refractivity contribution is 0.0697. The summed E-state index contributed by atoms with van der Waals surface area (Å²) in [5.41, 5.74) is 4.52. The lowest BCUT2D eigenvalue weighted by atomic mass is 10.00. The molecule has 29 heavy (non-hydrogen) atoms. The highest BCUT2D eigenvalue weighted by atomic mass is 16.4. The molecule has 0 aliphatic heterocycles. The molecule has 0 radical (unpaired) electrons. The fourth-order valence-electron chi connectivity index (χ4n) is 3.39. The number of hydrogen-bond donors (Lipinski definition) is 2. The van der Waals surface area contributed by atoms with Gasteiger partial charge in [0.2, 0.25) is 0 Å². The average molecular weight is 383 g/mol. The molecule has 0 fully saturated rings. The van der Waals surface area contributed by atoms with Gasteiger partial charge < -0.3 is 15.0 Å². The Bertz CT molecular complexity index is 1110. The number of benzene rings is 3. The van der Waals surface area contributed by atoms with Crippen LogP contribution in [-0.4, -0.2) is 27.2 Å². The maximum absolute atomic E-state index is 11.8. The number of anilines is 1. The molecular weight excluding hydrogens is 362 g/mol. The van der Waals surface area contributed by atoms with Gasteiger partial charge in [0.25, 0.3) is 0 Å². The molecule has 0 saturated carbocycles. The van der Waals surface area contributed by atoms with Gasteiger partial charge in [-0.1, -0.05) is 66.7 Å². The number of carbonyl (C=O) groups is 1.